The van der Waals surface area contributed by atoms with Crippen LogP contribution >= 0.6 is 0 Å². The van der Waals surface area contributed by atoms with Crippen molar-refractivity contribution in [2.75, 3.05) is 38.9 Å². The lowest BCUT2D eigenvalue weighted by Crippen LogP contribution is -2.54. The molecule has 0 atom stereocenters. The van der Waals surface area contributed by atoms with E-state index in [2.05, 4.69) is 5.32 Å². The molecule has 0 aliphatic carbocycles. The lowest BCUT2D eigenvalue weighted by Gasteiger charge is -2.26. The second-order valence-corrected chi connectivity index (χ2v) is 8.14. The maximum absolute atomic E-state index is 13.2. The number of nitrogens with zero attached hydrogens (tertiary/aromatic N) is 1. The molecular weight excluding hydrogens is 504 g/mol. The average Bonchev–Trinajstić information content (AvgIpc) is 2.95. The van der Waals surface area contributed by atoms with E-state index in [0.717, 1.165) is 4.90 Å². The smallest absolute Gasteiger partial charge is 0.335 e. The van der Waals surface area contributed by atoms with Crippen LogP contribution in [-0.4, -0.2) is 51.9 Å². The Balaban J connectivity index is 1.50. The molecule has 0 saturated carbocycles. The fourth-order valence-electron chi connectivity index (χ4n) is 3.83. The number of carbonyl (C=O) groups excluding carboxylic acids is 3. The van der Waals surface area contributed by atoms with E-state index in [4.69, 9.17) is 23.7 Å². The minimum absolute atomic E-state index is 0.202. The molecule has 10 heteroatoms. The molecule has 39 heavy (non-hydrogen) atoms. The van der Waals surface area contributed by atoms with E-state index < -0.39 is 17.8 Å². The number of imide groups is 2. The summed E-state index contributed by atoms with van der Waals surface area (Å²) in [5.74, 6) is 1.15. The van der Waals surface area contributed by atoms with Crippen LogP contribution in [0.1, 0.15) is 12.5 Å². The van der Waals surface area contributed by atoms with E-state index in [1.165, 1.54) is 13.2 Å². The van der Waals surface area contributed by atoms with Crippen LogP contribution in [0.2, 0.25) is 0 Å². The van der Waals surface area contributed by atoms with E-state index in [-0.39, 0.29) is 18.8 Å². The highest BCUT2D eigenvalue weighted by atomic mass is 16.5. The summed E-state index contributed by atoms with van der Waals surface area (Å²) >= 11 is 0. The van der Waals surface area contributed by atoms with Gasteiger partial charge in [0.2, 0.25) is 0 Å². The number of amides is 4. The summed E-state index contributed by atoms with van der Waals surface area (Å²) in [5, 5.41) is 2.21. The van der Waals surface area contributed by atoms with Crippen LogP contribution in [0.15, 0.2) is 72.3 Å². The predicted molar refractivity (Wildman–Crippen MR) is 144 cm³/mol. The highest BCUT2D eigenvalue weighted by Crippen LogP contribution is 2.31. The number of methoxy groups -OCH3 is 2. The third-order valence-electron chi connectivity index (χ3n) is 5.68. The molecule has 0 bridgehead atoms. The van der Waals surface area contributed by atoms with Crippen molar-refractivity contribution in [3.63, 3.8) is 0 Å². The van der Waals surface area contributed by atoms with Crippen LogP contribution < -0.4 is 33.9 Å². The second kappa shape index (κ2) is 12.5. The van der Waals surface area contributed by atoms with Crippen LogP contribution in [0.5, 0.6) is 28.7 Å². The molecule has 3 aromatic carbocycles. The molecule has 1 saturated heterocycles. The third kappa shape index (κ3) is 6.30. The standard InChI is InChI=1S/C29H28N2O8/c1-4-37-26-18-19(9-14-25(26)39-16-15-38-24-8-6-5-7-23(24)36-3)17-22-27(32)30-29(34)31(28(22)33)20-10-12-21(35-2)13-11-20/h5-14,17-18H,4,15-16H2,1-3H3,(H,30,32,34). The van der Waals surface area contributed by atoms with Gasteiger partial charge in [0.05, 0.1) is 26.5 Å². The van der Waals surface area contributed by atoms with Crippen LogP contribution in [0.3, 0.4) is 0 Å². The van der Waals surface area contributed by atoms with Crippen molar-refractivity contribution in [1.82, 2.24) is 5.32 Å². The van der Waals surface area contributed by atoms with Gasteiger partial charge in [0.1, 0.15) is 24.5 Å². The molecule has 4 rings (SSSR count). The first-order valence-electron chi connectivity index (χ1n) is 12.2. The summed E-state index contributed by atoms with van der Waals surface area (Å²) < 4.78 is 27.7. The van der Waals surface area contributed by atoms with Gasteiger partial charge in [-0.3, -0.25) is 14.9 Å². The monoisotopic (exact) mass is 532 g/mol. The second-order valence-electron chi connectivity index (χ2n) is 8.14. The lowest BCUT2D eigenvalue weighted by molar-refractivity contribution is -0.122. The fourth-order valence-corrected chi connectivity index (χ4v) is 3.83. The van der Waals surface area contributed by atoms with Gasteiger partial charge in [-0.15, -0.1) is 0 Å². The molecule has 3 aromatic rings. The lowest BCUT2D eigenvalue weighted by atomic mass is 10.1. The molecule has 1 fully saturated rings. The molecule has 1 aliphatic heterocycles. The zero-order valence-corrected chi connectivity index (χ0v) is 21.8. The summed E-state index contributed by atoms with van der Waals surface area (Å²) in [5.41, 5.74) is 0.608. The molecule has 0 unspecified atom stereocenters. The first-order chi connectivity index (χ1) is 18.9. The fraction of sp³-hybridized carbons (Fsp3) is 0.207. The molecule has 0 spiro atoms. The molecule has 1 N–H and O–H groups in total. The topological polar surface area (TPSA) is 113 Å². The Labute approximate surface area is 225 Å². The number of hydrogen-bond donors (Lipinski definition) is 1. The Morgan fingerprint density at radius 1 is 0.769 bits per heavy atom. The van der Waals surface area contributed by atoms with Gasteiger partial charge in [-0.1, -0.05) is 18.2 Å². The van der Waals surface area contributed by atoms with E-state index in [1.54, 1.807) is 61.7 Å². The number of anilines is 1. The molecule has 10 nitrogen and oxygen atoms in total. The number of ether oxygens (including phenoxy) is 5. The molecule has 0 radical (unpaired) electrons. The number of benzene rings is 3. The number of urea groups is 1. The molecule has 4 amide bonds. The minimum atomic E-state index is -0.832. The van der Waals surface area contributed by atoms with Gasteiger partial charge in [-0.05, 0) is 67.1 Å². The van der Waals surface area contributed by atoms with Crippen LogP contribution in [-0.2, 0) is 9.59 Å². The average molecular weight is 533 g/mol. The van der Waals surface area contributed by atoms with E-state index in [1.807, 2.05) is 19.1 Å². The van der Waals surface area contributed by atoms with Crippen molar-refractivity contribution >= 4 is 29.6 Å². The van der Waals surface area contributed by atoms with Crippen molar-refractivity contribution in [2.24, 2.45) is 0 Å². The minimum Gasteiger partial charge on any atom is -0.497 e. The molecule has 1 heterocycles. The third-order valence-corrected chi connectivity index (χ3v) is 5.68. The molecule has 1 aliphatic rings. The highest BCUT2D eigenvalue weighted by molar-refractivity contribution is 6.39. The zero-order chi connectivity index (χ0) is 27.8. The van der Waals surface area contributed by atoms with Gasteiger partial charge in [0.25, 0.3) is 11.8 Å². The van der Waals surface area contributed by atoms with E-state index >= 15 is 0 Å². The van der Waals surface area contributed by atoms with Crippen LogP contribution in [0.25, 0.3) is 6.08 Å². The maximum atomic E-state index is 13.2. The van der Waals surface area contributed by atoms with Gasteiger partial charge >= 0.3 is 6.03 Å². The summed E-state index contributed by atoms with van der Waals surface area (Å²) in [6, 6.07) is 17.8. The number of carbonyl (C=O) groups is 3. The normalized spacial score (nSPS) is 14.2. The van der Waals surface area contributed by atoms with Crippen LogP contribution in [0, 0.1) is 0 Å². The number of barbiturate groups is 1. The molecular formula is C29H28N2O8. The van der Waals surface area contributed by atoms with Gasteiger partial charge in [-0.2, -0.15) is 0 Å². The number of nitrogens with one attached hydrogen (secondary N) is 1. The van der Waals surface area contributed by atoms with Gasteiger partial charge in [0, 0.05) is 0 Å². The Bertz CT molecular complexity index is 1380. The van der Waals surface area contributed by atoms with Gasteiger partial charge in [0.15, 0.2) is 23.0 Å². The van der Waals surface area contributed by atoms with Crippen molar-refractivity contribution < 1.29 is 38.1 Å². The Hall–Kier alpha value is -4.99. The maximum Gasteiger partial charge on any atom is 0.335 e. The summed E-state index contributed by atoms with van der Waals surface area (Å²) in [6.07, 6.45) is 1.40. The van der Waals surface area contributed by atoms with Crippen molar-refractivity contribution in [3.05, 3.63) is 77.9 Å². The predicted octanol–water partition coefficient (Wildman–Crippen LogP) is 4.23. The quantitative estimate of drug-likeness (QED) is 0.222. The number of para-hydroxylation sites is 2. The van der Waals surface area contributed by atoms with Crippen LogP contribution in [0.4, 0.5) is 10.5 Å². The van der Waals surface area contributed by atoms with Gasteiger partial charge < -0.3 is 23.7 Å². The van der Waals surface area contributed by atoms with Crippen molar-refractivity contribution in [2.45, 2.75) is 6.92 Å². The SMILES string of the molecule is CCOc1cc(C=C2C(=O)NC(=O)N(c3ccc(OC)cc3)C2=O)ccc1OCCOc1ccccc1OC. The Morgan fingerprint density at radius 2 is 1.44 bits per heavy atom. The zero-order valence-electron chi connectivity index (χ0n) is 21.8. The molecule has 0 aromatic heterocycles. The Kier molecular flexibility index (Phi) is 8.67. The first-order valence-corrected chi connectivity index (χ1v) is 12.2. The van der Waals surface area contributed by atoms with E-state index in [9.17, 15) is 14.4 Å². The van der Waals surface area contributed by atoms with E-state index in [0.29, 0.717) is 46.6 Å². The van der Waals surface area contributed by atoms with Crippen molar-refractivity contribution in [1.29, 1.82) is 0 Å². The summed E-state index contributed by atoms with van der Waals surface area (Å²) in [4.78, 5) is 39.1. The Morgan fingerprint density at radius 3 is 2.08 bits per heavy atom. The molecule has 202 valence electrons. The summed E-state index contributed by atoms with van der Waals surface area (Å²) in [6.45, 7) is 2.70. The number of rotatable bonds is 11. The first kappa shape index (κ1) is 27.1. The van der Waals surface area contributed by atoms with Crippen molar-refractivity contribution in [3.8, 4) is 28.7 Å². The van der Waals surface area contributed by atoms with Gasteiger partial charge in [-0.25, -0.2) is 9.69 Å². The largest absolute Gasteiger partial charge is 0.497 e. The number of hydrogen-bond acceptors (Lipinski definition) is 8. The summed E-state index contributed by atoms with van der Waals surface area (Å²) in [7, 11) is 3.08. The highest BCUT2D eigenvalue weighted by Gasteiger charge is 2.36.